The van der Waals surface area contributed by atoms with E-state index in [0.717, 1.165) is 11.3 Å². The summed E-state index contributed by atoms with van der Waals surface area (Å²) in [6, 6.07) is 1.83. The van der Waals surface area contributed by atoms with E-state index in [2.05, 4.69) is 4.98 Å². The number of thiophene rings is 1. The van der Waals surface area contributed by atoms with E-state index in [1.165, 1.54) is 22.7 Å². The minimum atomic E-state index is -0.375. The molecule has 0 saturated heterocycles. The van der Waals surface area contributed by atoms with Crippen LogP contribution in [0.25, 0.3) is 11.3 Å². The van der Waals surface area contributed by atoms with Gasteiger partial charge in [-0.3, -0.25) is 0 Å². The summed E-state index contributed by atoms with van der Waals surface area (Å²) in [6.07, 6.45) is 0. The van der Waals surface area contributed by atoms with Gasteiger partial charge in [-0.05, 0) is 13.0 Å². The number of esters is 1. The predicted molar refractivity (Wildman–Crippen MR) is 66.4 cm³/mol. The third kappa shape index (κ3) is 2.42. The summed E-state index contributed by atoms with van der Waals surface area (Å²) in [5.41, 5.74) is 1.69. The van der Waals surface area contributed by atoms with E-state index in [4.69, 9.17) is 16.3 Å². The van der Waals surface area contributed by atoms with Crippen LogP contribution in [-0.4, -0.2) is 17.6 Å². The smallest absolute Gasteiger partial charge is 0.367 e. The van der Waals surface area contributed by atoms with Crippen molar-refractivity contribution in [2.45, 2.75) is 6.92 Å². The highest BCUT2D eigenvalue weighted by atomic mass is 35.5. The van der Waals surface area contributed by atoms with Crippen molar-refractivity contribution in [3.8, 4) is 11.3 Å². The molecule has 0 radical (unpaired) electrons. The fraction of sp³-hybridized carbons (Fsp3) is 0.200. The van der Waals surface area contributed by atoms with Crippen LogP contribution in [0, 0.1) is 0 Å². The highest BCUT2D eigenvalue weighted by Crippen LogP contribution is 2.29. The Labute approximate surface area is 106 Å². The fourth-order valence-corrected chi connectivity index (χ4v) is 2.73. The van der Waals surface area contributed by atoms with Gasteiger partial charge in [-0.15, -0.1) is 22.7 Å². The summed E-state index contributed by atoms with van der Waals surface area (Å²) >= 11 is 8.55. The first-order valence-electron chi connectivity index (χ1n) is 4.57. The highest BCUT2D eigenvalue weighted by molar-refractivity contribution is 7.15. The lowest BCUT2D eigenvalue weighted by atomic mass is 10.3. The van der Waals surface area contributed by atoms with Crippen LogP contribution < -0.4 is 0 Å². The molecule has 0 N–H and O–H groups in total. The van der Waals surface area contributed by atoms with Gasteiger partial charge in [0.05, 0.1) is 16.6 Å². The molecular formula is C10H8ClNO2S2. The molecule has 0 saturated carbocycles. The average Bonchev–Trinajstić information content (AvgIpc) is 2.85. The maximum atomic E-state index is 11.4. The van der Waals surface area contributed by atoms with Crippen molar-refractivity contribution in [1.82, 2.24) is 4.98 Å². The van der Waals surface area contributed by atoms with Crippen LogP contribution in [0.15, 0.2) is 16.8 Å². The summed E-state index contributed by atoms with van der Waals surface area (Å²) in [4.78, 5) is 15.6. The number of thiazole rings is 1. The quantitative estimate of drug-likeness (QED) is 0.801. The fourth-order valence-electron chi connectivity index (χ4n) is 1.14. The molecule has 0 aliphatic heterocycles. The molecule has 2 aromatic rings. The zero-order valence-corrected chi connectivity index (χ0v) is 10.8. The van der Waals surface area contributed by atoms with Crippen LogP contribution in [0.3, 0.4) is 0 Å². The van der Waals surface area contributed by atoms with E-state index in [1.807, 2.05) is 16.8 Å². The Kier molecular flexibility index (Phi) is 3.58. The van der Waals surface area contributed by atoms with Gasteiger partial charge in [0.15, 0.2) is 0 Å². The number of hydrogen-bond acceptors (Lipinski definition) is 5. The number of halogens is 1. The van der Waals surface area contributed by atoms with E-state index in [-0.39, 0.29) is 5.97 Å². The molecule has 0 aliphatic rings. The number of carbonyl (C=O) groups is 1. The molecule has 2 rings (SSSR count). The van der Waals surface area contributed by atoms with Crippen molar-refractivity contribution in [3.63, 3.8) is 0 Å². The van der Waals surface area contributed by atoms with Crippen molar-refractivity contribution in [2.24, 2.45) is 0 Å². The molecule has 0 unspecified atom stereocenters. The Hall–Kier alpha value is -0.910. The van der Waals surface area contributed by atoms with Crippen LogP contribution in [0.5, 0.6) is 0 Å². The Morgan fingerprint density at radius 2 is 2.31 bits per heavy atom. The molecule has 2 heterocycles. The second kappa shape index (κ2) is 4.95. The minimum Gasteiger partial charge on any atom is -0.461 e. The number of ether oxygens (including phenoxy) is 1. The van der Waals surface area contributed by atoms with Crippen molar-refractivity contribution in [2.75, 3.05) is 6.61 Å². The van der Waals surface area contributed by atoms with Crippen molar-refractivity contribution < 1.29 is 9.53 Å². The average molecular weight is 274 g/mol. The second-order valence-corrected chi connectivity index (χ2v) is 5.30. The zero-order valence-electron chi connectivity index (χ0n) is 8.40. The van der Waals surface area contributed by atoms with Crippen LogP contribution in [0.1, 0.15) is 16.7 Å². The molecule has 0 atom stereocenters. The van der Waals surface area contributed by atoms with Crippen molar-refractivity contribution >= 4 is 40.2 Å². The summed E-state index contributed by atoms with van der Waals surface area (Å²) in [6.45, 7) is 2.13. The van der Waals surface area contributed by atoms with Crippen LogP contribution >= 0.6 is 34.3 Å². The number of rotatable bonds is 3. The largest absolute Gasteiger partial charge is 0.461 e. The van der Waals surface area contributed by atoms with Crippen molar-refractivity contribution in [1.29, 1.82) is 0 Å². The lowest BCUT2D eigenvalue weighted by Crippen LogP contribution is -2.03. The molecular weight excluding hydrogens is 266 g/mol. The standard InChI is InChI=1S/C10H8ClNO2S2/c1-2-14-10(13)9-12-7(5-16-9)6-3-8(11)15-4-6/h3-5H,2H2,1H3. The third-order valence-corrected chi connectivity index (χ3v) is 3.73. The van der Waals surface area contributed by atoms with Gasteiger partial charge in [0.1, 0.15) is 0 Å². The van der Waals surface area contributed by atoms with Crippen LogP contribution in [0.2, 0.25) is 4.34 Å². The molecule has 0 bridgehead atoms. The van der Waals surface area contributed by atoms with E-state index >= 15 is 0 Å². The Morgan fingerprint density at radius 1 is 1.50 bits per heavy atom. The number of aromatic nitrogens is 1. The van der Waals surface area contributed by atoms with Crippen molar-refractivity contribution in [3.05, 3.63) is 26.2 Å². The summed E-state index contributed by atoms with van der Waals surface area (Å²) < 4.78 is 5.58. The number of nitrogens with zero attached hydrogens (tertiary/aromatic N) is 1. The van der Waals surface area contributed by atoms with Gasteiger partial charge < -0.3 is 4.74 Å². The highest BCUT2D eigenvalue weighted by Gasteiger charge is 2.13. The van der Waals surface area contributed by atoms with Gasteiger partial charge in [0, 0.05) is 16.3 Å². The first kappa shape index (κ1) is 11.6. The number of carbonyl (C=O) groups excluding carboxylic acids is 1. The Balaban J connectivity index is 2.22. The SMILES string of the molecule is CCOC(=O)c1nc(-c2csc(Cl)c2)cs1. The van der Waals surface area contributed by atoms with Gasteiger partial charge in [0.25, 0.3) is 0 Å². The first-order chi connectivity index (χ1) is 7.70. The predicted octanol–water partition coefficient (Wildman–Crippen LogP) is 3.70. The van der Waals surface area contributed by atoms with Crippen LogP contribution in [-0.2, 0) is 4.74 Å². The maximum Gasteiger partial charge on any atom is 0.367 e. The maximum absolute atomic E-state index is 11.4. The normalized spacial score (nSPS) is 10.4. The number of hydrogen-bond donors (Lipinski definition) is 0. The monoisotopic (exact) mass is 273 g/mol. The Bertz CT molecular complexity index is 506. The van der Waals surface area contributed by atoms with E-state index < -0.39 is 0 Å². The summed E-state index contributed by atoms with van der Waals surface area (Å²) in [7, 11) is 0. The molecule has 0 aromatic carbocycles. The van der Waals surface area contributed by atoms with E-state index in [9.17, 15) is 4.79 Å². The lowest BCUT2D eigenvalue weighted by Gasteiger charge is -1.95. The summed E-state index contributed by atoms with van der Waals surface area (Å²) in [5, 5.41) is 4.11. The molecule has 16 heavy (non-hydrogen) atoms. The second-order valence-electron chi connectivity index (χ2n) is 2.90. The molecule has 0 aliphatic carbocycles. The Morgan fingerprint density at radius 3 is 2.94 bits per heavy atom. The van der Waals surface area contributed by atoms with Gasteiger partial charge in [-0.25, -0.2) is 9.78 Å². The molecule has 84 valence electrons. The van der Waals surface area contributed by atoms with Crippen LogP contribution in [0.4, 0.5) is 0 Å². The minimum absolute atomic E-state index is 0.359. The molecule has 0 fully saturated rings. The third-order valence-electron chi connectivity index (χ3n) is 1.82. The topological polar surface area (TPSA) is 39.2 Å². The lowest BCUT2D eigenvalue weighted by molar-refractivity contribution is 0.0526. The van der Waals surface area contributed by atoms with Gasteiger partial charge >= 0.3 is 5.97 Å². The molecule has 3 nitrogen and oxygen atoms in total. The summed E-state index contributed by atoms with van der Waals surface area (Å²) in [5.74, 6) is -0.375. The molecule has 0 spiro atoms. The van der Waals surface area contributed by atoms with Gasteiger partial charge in [-0.2, -0.15) is 0 Å². The zero-order chi connectivity index (χ0) is 11.5. The molecule has 6 heteroatoms. The molecule has 0 amide bonds. The van der Waals surface area contributed by atoms with E-state index in [1.54, 1.807) is 6.92 Å². The first-order valence-corrected chi connectivity index (χ1v) is 6.71. The van der Waals surface area contributed by atoms with Gasteiger partial charge in [0.2, 0.25) is 5.01 Å². The van der Waals surface area contributed by atoms with E-state index in [0.29, 0.717) is 16.0 Å². The molecule has 2 aromatic heterocycles. The van der Waals surface area contributed by atoms with Gasteiger partial charge in [-0.1, -0.05) is 11.6 Å².